The summed E-state index contributed by atoms with van der Waals surface area (Å²) in [5, 5.41) is 13.0. The lowest BCUT2D eigenvalue weighted by Gasteiger charge is -2.20. The molecule has 8 nitrogen and oxygen atoms in total. The Hall–Kier alpha value is -3.49. The molecule has 9 heteroatoms. The Balaban J connectivity index is 1.93. The minimum Gasteiger partial charge on any atom is -0.452 e. The molecule has 1 amide bonds. The Morgan fingerprint density at radius 3 is 2.36 bits per heavy atom. The number of amides is 1. The zero-order chi connectivity index (χ0) is 20.7. The molecule has 2 aromatic rings. The first-order chi connectivity index (χ1) is 13.3. The lowest BCUT2D eigenvalue weighted by atomic mass is 10.2. The van der Waals surface area contributed by atoms with Crippen LogP contribution in [0.2, 0.25) is 0 Å². The van der Waals surface area contributed by atoms with E-state index in [2.05, 4.69) is 10.2 Å². The molecule has 2 aromatic carbocycles. The molecule has 0 aliphatic rings. The average molecular weight is 389 g/mol. The molecule has 0 atom stereocenters. The molecular weight excluding hydrogens is 369 g/mol. The monoisotopic (exact) mass is 389 g/mol. The summed E-state index contributed by atoms with van der Waals surface area (Å²) in [5.74, 6) is -2.39. The summed E-state index contributed by atoms with van der Waals surface area (Å²) < 4.78 is 18.2. The molecule has 0 aliphatic heterocycles. The van der Waals surface area contributed by atoms with Crippen molar-refractivity contribution >= 4 is 28.9 Å². The predicted octanol–water partition coefficient (Wildman–Crippen LogP) is 3.38. The van der Waals surface area contributed by atoms with Gasteiger partial charge in [0, 0.05) is 30.5 Å². The third-order valence-corrected chi connectivity index (χ3v) is 3.99. The van der Waals surface area contributed by atoms with Crippen LogP contribution >= 0.6 is 0 Å². The third kappa shape index (κ3) is 5.26. The Bertz CT molecular complexity index is 866. The van der Waals surface area contributed by atoms with Gasteiger partial charge in [0.05, 0.1) is 10.5 Å². The zero-order valence-corrected chi connectivity index (χ0v) is 15.5. The van der Waals surface area contributed by atoms with Gasteiger partial charge in [-0.1, -0.05) is 0 Å². The van der Waals surface area contributed by atoms with E-state index in [1.54, 1.807) is 24.3 Å². The number of esters is 1. The molecular formula is C19H20FN3O5. The highest BCUT2D eigenvalue weighted by Gasteiger charge is 2.16. The molecule has 0 fully saturated rings. The lowest BCUT2D eigenvalue weighted by molar-refractivity contribution is -0.387. The standard InChI is InChI=1S/C19H20FN3O5/c1-3-22(4-2)15-8-5-13(6-9-15)19(25)28-12-18(24)21-14-7-10-16(20)17(11-14)23(26)27/h5-11H,3-4,12H2,1-2H3,(H,21,24). The molecule has 28 heavy (non-hydrogen) atoms. The zero-order valence-electron chi connectivity index (χ0n) is 15.5. The van der Waals surface area contributed by atoms with Crippen LogP contribution in [-0.2, 0) is 9.53 Å². The quantitative estimate of drug-likeness (QED) is 0.422. The van der Waals surface area contributed by atoms with Gasteiger partial charge >= 0.3 is 11.7 Å². The number of nitro groups is 1. The number of carbonyl (C=O) groups excluding carboxylic acids is 2. The molecule has 0 saturated heterocycles. The van der Waals surface area contributed by atoms with E-state index in [-0.39, 0.29) is 5.69 Å². The van der Waals surface area contributed by atoms with E-state index < -0.39 is 34.9 Å². The summed E-state index contributed by atoms with van der Waals surface area (Å²) in [6.45, 7) is 5.14. The van der Waals surface area contributed by atoms with Crippen LogP contribution in [0.15, 0.2) is 42.5 Å². The normalized spacial score (nSPS) is 10.2. The van der Waals surface area contributed by atoms with E-state index >= 15 is 0 Å². The van der Waals surface area contributed by atoms with Crippen molar-refractivity contribution in [1.82, 2.24) is 0 Å². The van der Waals surface area contributed by atoms with E-state index in [1.165, 1.54) is 6.07 Å². The summed E-state index contributed by atoms with van der Waals surface area (Å²) in [4.78, 5) is 35.9. The number of rotatable bonds is 8. The second kappa shape index (κ2) is 9.45. The van der Waals surface area contributed by atoms with Crippen LogP contribution in [0.5, 0.6) is 0 Å². The van der Waals surface area contributed by atoms with E-state index in [0.29, 0.717) is 5.56 Å². The van der Waals surface area contributed by atoms with Crippen molar-refractivity contribution in [2.75, 3.05) is 29.9 Å². The molecule has 0 bridgehead atoms. The van der Waals surface area contributed by atoms with Crippen LogP contribution in [-0.4, -0.2) is 36.5 Å². The number of nitro benzene ring substituents is 1. The van der Waals surface area contributed by atoms with Crippen molar-refractivity contribution in [3.8, 4) is 0 Å². The minimum atomic E-state index is -1.01. The minimum absolute atomic E-state index is 0.0257. The van der Waals surface area contributed by atoms with Crippen molar-refractivity contribution in [3.63, 3.8) is 0 Å². The van der Waals surface area contributed by atoms with Gasteiger partial charge in [-0.3, -0.25) is 14.9 Å². The summed E-state index contributed by atoms with van der Waals surface area (Å²) >= 11 is 0. The van der Waals surface area contributed by atoms with Crippen molar-refractivity contribution in [2.45, 2.75) is 13.8 Å². The van der Waals surface area contributed by atoms with Crippen LogP contribution in [0, 0.1) is 15.9 Å². The molecule has 0 radical (unpaired) electrons. The predicted molar refractivity (Wildman–Crippen MR) is 102 cm³/mol. The van der Waals surface area contributed by atoms with E-state index in [9.17, 15) is 24.1 Å². The number of benzene rings is 2. The summed E-state index contributed by atoms with van der Waals surface area (Å²) in [7, 11) is 0. The van der Waals surface area contributed by atoms with Gasteiger partial charge in [0.1, 0.15) is 0 Å². The molecule has 0 spiro atoms. The first-order valence-corrected chi connectivity index (χ1v) is 8.61. The van der Waals surface area contributed by atoms with Crippen molar-refractivity contribution < 1.29 is 23.6 Å². The van der Waals surface area contributed by atoms with E-state index in [4.69, 9.17) is 4.74 Å². The number of anilines is 2. The Kier molecular flexibility index (Phi) is 7.02. The van der Waals surface area contributed by atoms with E-state index in [0.717, 1.165) is 30.9 Å². The maximum atomic E-state index is 13.3. The summed E-state index contributed by atoms with van der Waals surface area (Å²) in [6.07, 6.45) is 0. The van der Waals surface area contributed by atoms with Crippen molar-refractivity contribution in [1.29, 1.82) is 0 Å². The lowest BCUT2D eigenvalue weighted by Crippen LogP contribution is -2.22. The maximum absolute atomic E-state index is 13.3. The smallest absolute Gasteiger partial charge is 0.338 e. The second-order valence-electron chi connectivity index (χ2n) is 5.77. The highest BCUT2D eigenvalue weighted by Crippen LogP contribution is 2.21. The number of hydrogen-bond acceptors (Lipinski definition) is 6. The fourth-order valence-corrected chi connectivity index (χ4v) is 2.54. The van der Waals surface area contributed by atoms with Crippen LogP contribution in [0.4, 0.5) is 21.5 Å². The van der Waals surface area contributed by atoms with Gasteiger partial charge in [-0.25, -0.2) is 4.79 Å². The largest absolute Gasteiger partial charge is 0.452 e. The topological polar surface area (TPSA) is 102 Å². The fourth-order valence-electron chi connectivity index (χ4n) is 2.54. The van der Waals surface area contributed by atoms with Crippen LogP contribution < -0.4 is 10.2 Å². The highest BCUT2D eigenvalue weighted by molar-refractivity contribution is 5.95. The Morgan fingerprint density at radius 2 is 1.79 bits per heavy atom. The number of carbonyl (C=O) groups is 2. The molecule has 0 aliphatic carbocycles. The number of ether oxygens (including phenoxy) is 1. The fraction of sp³-hybridized carbons (Fsp3) is 0.263. The highest BCUT2D eigenvalue weighted by atomic mass is 19.1. The van der Waals surface area contributed by atoms with Gasteiger partial charge in [0.25, 0.3) is 5.91 Å². The molecule has 0 heterocycles. The maximum Gasteiger partial charge on any atom is 0.338 e. The van der Waals surface area contributed by atoms with Crippen molar-refractivity contribution in [3.05, 3.63) is 64.0 Å². The van der Waals surface area contributed by atoms with Crippen LogP contribution in [0.25, 0.3) is 0 Å². The number of halogens is 1. The molecule has 1 N–H and O–H groups in total. The summed E-state index contributed by atoms with van der Waals surface area (Å²) in [6, 6.07) is 9.74. The number of nitrogens with zero attached hydrogens (tertiary/aromatic N) is 2. The van der Waals surface area contributed by atoms with Gasteiger partial charge in [-0.2, -0.15) is 4.39 Å². The number of hydrogen-bond donors (Lipinski definition) is 1. The van der Waals surface area contributed by atoms with Gasteiger partial charge < -0.3 is 15.0 Å². The molecule has 0 aromatic heterocycles. The van der Waals surface area contributed by atoms with Gasteiger partial charge in [0.2, 0.25) is 5.82 Å². The summed E-state index contributed by atoms with van der Waals surface area (Å²) in [5.41, 5.74) is 0.527. The SMILES string of the molecule is CCN(CC)c1ccc(C(=O)OCC(=O)Nc2ccc(F)c([N+](=O)[O-])c2)cc1. The van der Waals surface area contributed by atoms with E-state index in [1.807, 2.05) is 13.8 Å². The van der Waals surface area contributed by atoms with Crippen molar-refractivity contribution in [2.24, 2.45) is 0 Å². The second-order valence-corrected chi connectivity index (χ2v) is 5.77. The molecule has 0 saturated carbocycles. The first-order valence-electron chi connectivity index (χ1n) is 8.61. The van der Waals surface area contributed by atoms with Gasteiger partial charge in [0.15, 0.2) is 6.61 Å². The first kappa shape index (κ1) is 20.8. The third-order valence-electron chi connectivity index (χ3n) is 3.99. The molecule has 0 unspecified atom stereocenters. The number of nitrogens with one attached hydrogen (secondary N) is 1. The Morgan fingerprint density at radius 1 is 1.14 bits per heavy atom. The average Bonchev–Trinajstić information content (AvgIpc) is 2.69. The van der Waals surface area contributed by atoms with Gasteiger partial charge in [-0.15, -0.1) is 0 Å². The molecule has 148 valence electrons. The van der Waals surface area contributed by atoms with Crippen LogP contribution in [0.1, 0.15) is 24.2 Å². The van der Waals surface area contributed by atoms with Crippen LogP contribution in [0.3, 0.4) is 0 Å². The molecule has 2 rings (SSSR count). The Labute approximate surface area is 161 Å². The van der Waals surface area contributed by atoms with Gasteiger partial charge in [-0.05, 0) is 50.2 Å².